The third kappa shape index (κ3) is 2.49. The van der Waals surface area contributed by atoms with Gasteiger partial charge >= 0.3 is 0 Å². The number of likely N-dealkylation sites (N-methyl/N-ethyl adjacent to an activating group) is 1. The van der Waals surface area contributed by atoms with Crippen molar-refractivity contribution < 1.29 is 13.6 Å². The molecule has 2 aliphatic heterocycles. The fraction of sp³-hybridized carbons (Fsp3) is 0.929. The van der Waals surface area contributed by atoms with Gasteiger partial charge in [-0.15, -0.1) is 0 Å². The monoisotopic (exact) mass is 272 g/mol. The van der Waals surface area contributed by atoms with Crippen LogP contribution in [0.15, 0.2) is 0 Å². The highest BCUT2D eigenvalue weighted by atomic mass is 19.3. The summed E-state index contributed by atoms with van der Waals surface area (Å²) in [4.78, 5) is 16.9. The Morgan fingerprint density at radius 3 is 2.11 bits per heavy atom. The first kappa shape index (κ1) is 13.3. The second kappa shape index (κ2) is 4.69. The lowest BCUT2D eigenvalue weighted by Gasteiger charge is -2.42. The molecule has 5 heteroatoms. The van der Waals surface area contributed by atoms with E-state index in [0.29, 0.717) is 24.9 Å². The van der Waals surface area contributed by atoms with E-state index in [-0.39, 0.29) is 24.7 Å². The lowest BCUT2D eigenvalue weighted by atomic mass is 9.85. The Labute approximate surface area is 112 Å². The summed E-state index contributed by atoms with van der Waals surface area (Å²) in [5.74, 6) is -2.56. The number of nitrogens with zero attached hydrogens (tertiary/aromatic N) is 2. The minimum atomic E-state index is -2.54. The van der Waals surface area contributed by atoms with Crippen molar-refractivity contribution in [1.29, 1.82) is 0 Å². The van der Waals surface area contributed by atoms with Crippen LogP contribution in [0.3, 0.4) is 0 Å². The number of halogens is 2. The summed E-state index contributed by atoms with van der Waals surface area (Å²) in [6, 6.07) is 0.636. The predicted molar refractivity (Wildman–Crippen MR) is 68.1 cm³/mol. The quantitative estimate of drug-likeness (QED) is 0.730. The molecule has 0 spiro atoms. The van der Waals surface area contributed by atoms with E-state index in [1.54, 1.807) is 0 Å². The molecule has 3 fully saturated rings. The number of hydrogen-bond acceptors (Lipinski definition) is 2. The molecule has 2 bridgehead atoms. The zero-order valence-electron chi connectivity index (χ0n) is 11.4. The van der Waals surface area contributed by atoms with Gasteiger partial charge in [-0.25, -0.2) is 8.78 Å². The Bertz CT molecular complexity index is 350. The average Bonchev–Trinajstić information content (AvgIpc) is 2.61. The molecule has 2 atom stereocenters. The van der Waals surface area contributed by atoms with Gasteiger partial charge in [0.1, 0.15) is 0 Å². The molecule has 1 aliphatic carbocycles. The van der Waals surface area contributed by atoms with Gasteiger partial charge in [0.15, 0.2) is 0 Å². The molecular weight excluding hydrogens is 250 g/mol. The van der Waals surface area contributed by atoms with Crippen molar-refractivity contribution in [1.82, 2.24) is 9.80 Å². The molecule has 0 N–H and O–H groups in total. The Morgan fingerprint density at radius 2 is 1.58 bits per heavy atom. The van der Waals surface area contributed by atoms with Crippen LogP contribution >= 0.6 is 0 Å². The van der Waals surface area contributed by atoms with E-state index in [4.69, 9.17) is 0 Å². The van der Waals surface area contributed by atoms with Crippen molar-refractivity contribution >= 4 is 5.91 Å². The summed E-state index contributed by atoms with van der Waals surface area (Å²) in [5, 5.41) is 0. The lowest BCUT2D eigenvalue weighted by Crippen LogP contribution is -2.56. The molecule has 108 valence electrons. The summed E-state index contributed by atoms with van der Waals surface area (Å²) >= 11 is 0. The van der Waals surface area contributed by atoms with Gasteiger partial charge in [0, 0.05) is 43.9 Å². The summed E-state index contributed by atoms with van der Waals surface area (Å²) < 4.78 is 26.3. The number of carbonyl (C=O) groups is 1. The molecule has 3 rings (SSSR count). The molecule has 1 saturated carbocycles. The Morgan fingerprint density at radius 1 is 1.05 bits per heavy atom. The Balaban J connectivity index is 1.65. The van der Waals surface area contributed by atoms with E-state index in [1.807, 2.05) is 4.90 Å². The number of alkyl halides is 2. The standard InChI is InChI=1S/C14H22F2N2O/c1-17-8-11-2-3-12(9-17)18(11)13(19)10-4-6-14(15,16)7-5-10/h10-12H,2-9H2,1H3. The van der Waals surface area contributed by atoms with Crippen molar-refractivity contribution in [2.75, 3.05) is 20.1 Å². The van der Waals surface area contributed by atoms with Crippen LogP contribution in [0.4, 0.5) is 8.78 Å². The van der Waals surface area contributed by atoms with Crippen molar-refractivity contribution in [3.63, 3.8) is 0 Å². The summed E-state index contributed by atoms with van der Waals surface area (Å²) in [6.07, 6.45) is 2.63. The number of amides is 1. The molecular formula is C14H22F2N2O. The lowest BCUT2D eigenvalue weighted by molar-refractivity contribution is -0.145. The van der Waals surface area contributed by atoms with Crippen molar-refractivity contribution in [3.05, 3.63) is 0 Å². The van der Waals surface area contributed by atoms with Crippen LogP contribution in [0.5, 0.6) is 0 Å². The topological polar surface area (TPSA) is 23.6 Å². The van der Waals surface area contributed by atoms with Crippen LogP contribution < -0.4 is 0 Å². The van der Waals surface area contributed by atoms with Gasteiger partial charge in [-0.3, -0.25) is 4.79 Å². The fourth-order valence-electron chi connectivity index (χ4n) is 3.97. The van der Waals surface area contributed by atoms with Crippen molar-refractivity contribution in [3.8, 4) is 0 Å². The molecule has 2 heterocycles. The predicted octanol–water partition coefficient (Wildman–Crippen LogP) is 2.12. The molecule has 0 aromatic carbocycles. The highest BCUT2D eigenvalue weighted by Gasteiger charge is 2.45. The van der Waals surface area contributed by atoms with Crippen LogP contribution in [0, 0.1) is 5.92 Å². The van der Waals surface area contributed by atoms with Crippen LogP contribution in [0.25, 0.3) is 0 Å². The maximum absolute atomic E-state index is 13.2. The SMILES string of the molecule is CN1CC2CCC(C1)N2C(=O)C1CCC(F)(F)CC1. The number of carbonyl (C=O) groups excluding carboxylic acids is 1. The molecule has 2 unspecified atom stereocenters. The minimum Gasteiger partial charge on any atom is -0.334 e. The average molecular weight is 272 g/mol. The Kier molecular flexibility index (Phi) is 3.28. The molecule has 1 amide bonds. The molecule has 2 saturated heterocycles. The maximum Gasteiger partial charge on any atom is 0.248 e. The summed E-state index contributed by atoms with van der Waals surface area (Å²) in [7, 11) is 2.09. The molecule has 0 aromatic heterocycles. The van der Waals surface area contributed by atoms with Gasteiger partial charge < -0.3 is 9.80 Å². The van der Waals surface area contributed by atoms with Crippen molar-refractivity contribution in [2.24, 2.45) is 5.92 Å². The third-order valence-electron chi connectivity index (χ3n) is 4.99. The number of hydrogen-bond donors (Lipinski definition) is 0. The zero-order valence-corrected chi connectivity index (χ0v) is 11.4. The molecule has 0 radical (unpaired) electrons. The van der Waals surface area contributed by atoms with Crippen LogP contribution in [-0.2, 0) is 4.79 Å². The highest BCUT2D eigenvalue weighted by Crippen LogP contribution is 2.39. The first-order chi connectivity index (χ1) is 8.96. The number of piperazine rings is 1. The van der Waals surface area contributed by atoms with Gasteiger partial charge in [-0.2, -0.15) is 0 Å². The second-order valence-corrected chi connectivity index (χ2v) is 6.48. The Hall–Kier alpha value is -0.710. The normalized spacial score (nSPS) is 35.6. The molecule has 3 nitrogen and oxygen atoms in total. The molecule has 19 heavy (non-hydrogen) atoms. The van der Waals surface area contributed by atoms with E-state index in [1.165, 1.54) is 0 Å². The van der Waals surface area contributed by atoms with Crippen LogP contribution in [0.2, 0.25) is 0 Å². The first-order valence-electron chi connectivity index (χ1n) is 7.35. The van der Waals surface area contributed by atoms with Crippen molar-refractivity contribution in [2.45, 2.75) is 56.5 Å². The summed E-state index contributed by atoms with van der Waals surface area (Å²) in [5.41, 5.74) is 0. The minimum absolute atomic E-state index is 0.119. The van der Waals surface area contributed by atoms with E-state index >= 15 is 0 Å². The van der Waals surface area contributed by atoms with E-state index in [2.05, 4.69) is 11.9 Å². The zero-order chi connectivity index (χ0) is 13.6. The second-order valence-electron chi connectivity index (χ2n) is 6.48. The van der Waals surface area contributed by atoms with E-state index in [9.17, 15) is 13.6 Å². The molecule has 3 aliphatic rings. The largest absolute Gasteiger partial charge is 0.334 e. The highest BCUT2D eigenvalue weighted by molar-refractivity contribution is 5.80. The third-order valence-corrected chi connectivity index (χ3v) is 4.99. The first-order valence-corrected chi connectivity index (χ1v) is 7.35. The van der Waals surface area contributed by atoms with Crippen LogP contribution in [-0.4, -0.2) is 53.9 Å². The van der Waals surface area contributed by atoms with Gasteiger partial charge in [0.25, 0.3) is 0 Å². The maximum atomic E-state index is 13.2. The van der Waals surface area contributed by atoms with Gasteiger partial charge in [-0.1, -0.05) is 0 Å². The summed E-state index contributed by atoms with van der Waals surface area (Å²) in [6.45, 7) is 1.87. The number of fused-ring (bicyclic) bond motifs is 2. The van der Waals surface area contributed by atoms with Gasteiger partial charge in [-0.05, 0) is 32.7 Å². The van der Waals surface area contributed by atoms with E-state index < -0.39 is 5.92 Å². The van der Waals surface area contributed by atoms with E-state index in [0.717, 1.165) is 25.9 Å². The number of likely N-dealkylation sites (tertiary alicyclic amines) is 1. The molecule has 0 aromatic rings. The van der Waals surface area contributed by atoms with Gasteiger partial charge in [0.2, 0.25) is 11.8 Å². The fourth-order valence-corrected chi connectivity index (χ4v) is 3.97. The van der Waals surface area contributed by atoms with Gasteiger partial charge in [0.05, 0.1) is 0 Å². The van der Waals surface area contributed by atoms with Crippen LogP contribution in [0.1, 0.15) is 38.5 Å². The number of rotatable bonds is 1. The smallest absolute Gasteiger partial charge is 0.248 e.